The fourth-order valence-corrected chi connectivity index (χ4v) is 4.69. The second-order valence-electron chi connectivity index (χ2n) is 7.47. The van der Waals surface area contributed by atoms with Crippen LogP contribution in [-0.2, 0) is 14.3 Å². The quantitative estimate of drug-likeness (QED) is 0.510. The molecule has 0 unspecified atom stereocenters. The first-order valence-electron chi connectivity index (χ1n) is 9.96. The number of fused-ring (bicyclic) bond motifs is 1. The largest absolute Gasteiger partial charge is 0.497 e. The van der Waals surface area contributed by atoms with E-state index in [9.17, 15) is 9.59 Å². The zero-order chi connectivity index (χ0) is 22.5. The number of ether oxygens (including phenoxy) is 3. The minimum atomic E-state index is -0.962. The Bertz CT molecular complexity index is 943. The lowest BCUT2D eigenvalue weighted by atomic mass is 10.1. The van der Waals surface area contributed by atoms with Crippen molar-refractivity contribution in [1.29, 1.82) is 0 Å². The predicted molar refractivity (Wildman–Crippen MR) is 136 cm³/mol. The molecule has 2 aromatic rings. The van der Waals surface area contributed by atoms with Crippen LogP contribution in [0.5, 0.6) is 11.5 Å². The molecule has 0 fully saturated rings. The average Bonchev–Trinajstić information content (AvgIpc) is 2.86. The van der Waals surface area contributed by atoms with Crippen molar-refractivity contribution >= 4 is 54.1 Å². The van der Waals surface area contributed by atoms with E-state index < -0.39 is 17.3 Å². The fourth-order valence-electron chi connectivity index (χ4n) is 3.39. The Morgan fingerprint density at radius 3 is 2.18 bits per heavy atom. The first-order chi connectivity index (χ1) is 14.8. The SMILES string of the molecule is COc1ccc([C@H]2Sc3ccc(OC)cc3N(CCN(C)C)C(=O)[C@H]2OC(C)=O)cc1.Cl.Cl. The lowest BCUT2D eigenvalue weighted by Gasteiger charge is -2.28. The molecule has 0 aliphatic carbocycles. The average molecular weight is 517 g/mol. The van der Waals surface area contributed by atoms with Gasteiger partial charge in [-0.3, -0.25) is 9.59 Å². The molecule has 1 aliphatic rings. The van der Waals surface area contributed by atoms with Crippen LogP contribution in [0.4, 0.5) is 5.69 Å². The zero-order valence-corrected chi connectivity index (χ0v) is 21.7. The normalized spacial score (nSPS) is 17.3. The molecule has 33 heavy (non-hydrogen) atoms. The van der Waals surface area contributed by atoms with E-state index in [-0.39, 0.29) is 30.7 Å². The Balaban J connectivity index is 0.00000272. The van der Waals surface area contributed by atoms with Crippen LogP contribution in [0, 0.1) is 0 Å². The van der Waals surface area contributed by atoms with Crippen molar-refractivity contribution in [2.45, 2.75) is 23.2 Å². The molecule has 0 saturated carbocycles. The van der Waals surface area contributed by atoms with Gasteiger partial charge >= 0.3 is 5.97 Å². The molecule has 1 heterocycles. The molecule has 0 saturated heterocycles. The highest BCUT2D eigenvalue weighted by atomic mass is 35.5. The molecule has 0 N–H and O–H groups in total. The number of carbonyl (C=O) groups is 2. The van der Waals surface area contributed by atoms with Crippen molar-refractivity contribution in [2.75, 3.05) is 46.3 Å². The van der Waals surface area contributed by atoms with Gasteiger partial charge in [-0.1, -0.05) is 12.1 Å². The smallest absolute Gasteiger partial charge is 0.303 e. The fraction of sp³-hybridized carbons (Fsp3) is 0.391. The van der Waals surface area contributed by atoms with E-state index in [4.69, 9.17) is 14.2 Å². The molecular formula is C23H30Cl2N2O5S. The minimum Gasteiger partial charge on any atom is -0.497 e. The molecule has 2 atom stereocenters. The topological polar surface area (TPSA) is 68.3 Å². The van der Waals surface area contributed by atoms with Crippen LogP contribution in [0.15, 0.2) is 47.4 Å². The number of halogens is 2. The van der Waals surface area contributed by atoms with Gasteiger partial charge in [-0.25, -0.2) is 0 Å². The van der Waals surface area contributed by atoms with Crippen LogP contribution in [0.3, 0.4) is 0 Å². The van der Waals surface area contributed by atoms with Gasteiger partial charge in [0.15, 0.2) is 6.10 Å². The summed E-state index contributed by atoms with van der Waals surface area (Å²) in [5.74, 6) is 0.635. The summed E-state index contributed by atoms with van der Waals surface area (Å²) in [6, 6.07) is 13.2. The van der Waals surface area contributed by atoms with Crippen LogP contribution < -0.4 is 14.4 Å². The minimum absolute atomic E-state index is 0. The van der Waals surface area contributed by atoms with E-state index in [1.54, 1.807) is 19.1 Å². The maximum atomic E-state index is 13.7. The van der Waals surface area contributed by atoms with E-state index in [1.807, 2.05) is 61.5 Å². The van der Waals surface area contributed by atoms with E-state index in [0.717, 1.165) is 21.9 Å². The number of esters is 1. The monoisotopic (exact) mass is 516 g/mol. The van der Waals surface area contributed by atoms with Crippen molar-refractivity contribution in [3.05, 3.63) is 48.0 Å². The number of nitrogens with zero attached hydrogens (tertiary/aromatic N) is 2. The van der Waals surface area contributed by atoms with Gasteiger partial charge in [0.1, 0.15) is 11.5 Å². The van der Waals surface area contributed by atoms with Crippen LogP contribution in [0.2, 0.25) is 0 Å². The van der Waals surface area contributed by atoms with Crippen LogP contribution in [0.1, 0.15) is 17.7 Å². The maximum absolute atomic E-state index is 13.7. The summed E-state index contributed by atoms with van der Waals surface area (Å²) in [5.41, 5.74) is 1.63. The second kappa shape index (κ2) is 12.9. The van der Waals surface area contributed by atoms with Crippen molar-refractivity contribution < 1.29 is 23.8 Å². The molecule has 0 spiro atoms. The molecule has 3 rings (SSSR count). The second-order valence-corrected chi connectivity index (χ2v) is 8.65. The number of benzene rings is 2. The van der Waals surface area contributed by atoms with Gasteiger partial charge in [0.25, 0.3) is 5.91 Å². The number of amides is 1. The highest BCUT2D eigenvalue weighted by molar-refractivity contribution is 7.99. The van der Waals surface area contributed by atoms with Crippen molar-refractivity contribution in [2.24, 2.45) is 0 Å². The molecule has 0 bridgehead atoms. The Kier molecular flexibility index (Phi) is 11.3. The highest BCUT2D eigenvalue weighted by Gasteiger charge is 2.41. The number of anilines is 1. The zero-order valence-electron chi connectivity index (χ0n) is 19.3. The Hall–Kier alpha value is -2.13. The summed E-state index contributed by atoms with van der Waals surface area (Å²) in [7, 11) is 7.10. The number of thioether (sulfide) groups is 1. The summed E-state index contributed by atoms with van der Waals surface area (Å²) in [5, 5.41) is -0.404. The third kappa shape index (κ3) is 6.93. The molecule has 7 nitrogen and oxygen atoms in total. The van der Waals surface area contributed by atoms with Gasteiger partial charge in [0, 0.05) is 31.0 Å². The van der Waals surface area contributed by atoms with Gasteiger partial charge in [-0.05, 0) is 43.9 Å². The number of likely N-dealkylation sites (N-methyl/N-ethyl adjacent to an activating group) is 1. The van der Waals surface area contributed by atoms with E-state index >= 15 is 0 Å². The van der Waals surface area contributed by atoms with E-state index in [1.165, 1.54) is 18.7 Å². The lowest BCUT2D eigenvalue weighted by molar-refractivity contribution is -0.152. The first-order valence-corrected chi connectivity index (χ1v) is 10.8. The highest BCUT2D eigenvalue weighted by Crippen LogP contribution is 2.47. The van der Waals surface area contributed by atoms with Crippen molar-refractivity contribution in [3.63, 3.8) is 0 Å². The van der Waals surface area contributed by atoms with Crippen LogP contribution in [-0.4, -0.2) is 64.3 Å². The Labute approximate surface area is 211 Å². The van der Waals surface area contributed by atoms with Gasteiger partial charge in [0.05, 0.1) is 25.2 Å². The molecule has 1 amide bonds. The number of rotatable bonds is 7. The van der Waals surface area contributed by atoms with E-state index in [0.29, 0.717) is 18.8 Å². The summed E-state index contributed by atoms with van der Waals surface area (Å²) in [4.78, 5) is 30.3. The molecule has 10 heteroatoms. The van der Waals surface area contributed by atoms with Crippen LogP contribution in [0.25, 0.3) is 0 Å². The van der Waals surface area contributed by atoms with Crippen molar-refractivity contribution in [3.8, 4) is 11.5 Å². The number of methoxy groups -OCH3 is 2. The number of hydrogen-bond acceptors (Lipinski definition) is 7. The molecule has 1 aliphatic heterocycles. The van der Waals surface area contributed by atoms with Crippen LogP contribution >= 0.6 is 36.6 Å². The predicted octanol–water partition coefficient (Wildman–Crippen LogP) is 4.22. The third-order valence-corrected chi connectivity index (χ3v) is 6.38. The molecular weight excluding hydrogens is 487 g/mol. The summed E-state index contributed by atoms with van der Waals surface area (Å²) in [6.07, 6.45) is -0.962. The molecule has 0 aromatic heterocycles. The molecule has 2 aromatic carbocycles. The standard InChI is InChI=1S/C23H28N2O5S.2ClH/c1-15(26)30-21-22(16-6-8-17(28-4)9-7-16)31-20-11-10-18(29-5)14-19(20)25(23(21)27)13-12-24(2)3;;/h6-11,14,21-22H,12-13H2,1-5H3;2*1H/t21-,22+;;/m0../s1. The number of hydrogen-bond donors (Lipinski definition) is 0. The molecule has 0 radical (unpaired) electrons. The third-order valence-electron chi connectivity index (χ3n) is 5.00. The summed E-state index contributed by atoms with van der Waals surface area (Å²) in [6.45, 7) is 2.45. The van der Waals surface area contributed by atoms with E-state index in [2.05, 4.69) is 0 Å². The first kappa shape index (κ1) is 28.9. The van der Waals surface area contributed by atoms with Gasteiger partial charge in [0.2, 0.25) is 0 Å². The van der Waals surface area contributed by atoms with Crippen molar-refractivity contribution in [1.82, 2.24) is 4.90 Å². The van der Waals surface area contributed by atoms with Gasteiger partial charge in [-0.2, -0.15) is 0 Å². The summed E-state index contributed by atoms with van der Waals surface area (Å²) >= 11 is 1.51. The maximum Gasteiger partial charge on any atom is 0.303 e. The Morgan fingerprint density at radius 1 is 1.03 bits per heavy atom. The van der Waals surface area contributed by atoms with Gasteiger partial charge in [-0.15, -0.1) is 36.6 Å². The Morgan fingerprint density at radius 2 is 1.64 bits per heavy atom. The lowest BCUT2D eigenvalue weighted by Crippen LogP contribution is -2.45. The molecule has 182 valence electrons. The summed E-state index contributed by atoms with van der Waals surface area (Å²) < 4.78 is 16.3. The van der Waals surface area contributed by atoms with Gasteiger partial charge < -0.3 is 24.0 Å². The number of carbonyl (C=O) groups excluding carboxylic acids is 2.